The maximum atomic E-state index is 13.1. The largest absolute Gasteiger partial charge is 0.416 e. The van der Waals surface area contributed by atoms with E-state index in [1.807, 2.05) is 0 Å². The smallest absolute Gasteiger partial charge is 0.330 e. The summed E-state index contributed by atoms with van der Waals surface area (Å²) in [6, 6.07) is 3.95. The van der Waals surface area contributed by atoms with Gasteiger partial charge in [0.1, 0.15) is 0 Å². The Bertz CT molecular complexity index is 436. The minimum absolute atomic E-state index is 0.178. The summed E-state index contributed by atoms with van der Waals surface area (Å²) in [5.74, 6) is 0. The van der Waals surface area contributed by atoms with Crippen LogP contribution in [0.5, 0.6) is 0 Å². The molecule has 0 amide bonds. The SMILES string of the molecule is NCC1(c2c(Cl)cccc2C(F)(F)F)CCCC1. The lowest BCUT2D eigenvalue weighted by atomic mass is 9.76. The highest BCUT2D eigenvalue weighted by Crippen LogP contribution is 2.48. The Labute approximate surface area is 109 Å². The van der Waals surface area contributed by atoms with Crippen LogP contribution in [0.2, 0.25) is 5.02 Å². The van der Waals surface area contributed by atoms with Crippen molar-refractivity contribution in [1.29, 1.82) is 0 Å². The fourth-order valence-electron chi connectivity index (χ4n) is 2.91. The molecule has 0 aromatic heterocycles. The third-order valence-corrected chi connectivity index (χ3v) is 4.12. The molecule has 2 rings (SSSR count). The summed E-state index contributed by atoms with van der Waals surface area (Å²) in [7, 11) is 0. The van der Waals surface area contributed by atoms with Gasteiger partial charge in [0.25, 0.3) is 0 Å². The molecule has 1 aromatic carbocycles. The highest BCUT2D eigenvalue weighted by Gasteiger charge is 2.43. The molecule has 1 aliphatic rings. The monoisotopic (exact) mass is 277 g/mol. The van der Waals surface area contributed by atoms with Crippen LogP contribution >= 0.6 is 11.6 Å². The number of alkyl halides is 3. The number of nitrogens with two attached hydrogens (primary N) is 1. The minimum Gasteiger partial charge on any atom is -0.330 e. The van der Waals surface area contributed by atoms with Gasteiger partial charge in [0, 0.05) is 17.0 Å². The standard InChI is InChI=1S/C13H15ClF3N/c14-10-5-3-4-9(13(15,16)17)11(10)12(8-18)6-1-2-7-12/h3-5H,1-2,6-8,18H2. The second-order valence-corrected chi connectivity index (χ2v) is 5.26. The normalized spacial score (nSPS) is 19.2. The van der Waals surface area contributed by atoms with Crippen LogP contribution in [-0.2, 0) is 11.6 Å². The second kappa shape index (κ2) is 4.74. The maximum absolute atomic E-state index is 13.1. The summed E-state index contributed by atoms with van der Waals surface area (Å²) in [6.45, 7) is 0.208. The third kappa shape index (κ3) is 2.24. The van der Waals surface area contributed by atoms with Crippen molar-refractivity contribution in [2.75, 3.05) is 6.54 Å². The summed E-state index contributed by atoms with van der Waals surface area (Å²) >= 11 is 6.03. The number of hydrogen-bond donors (Lipinski definition) is 1. The number of hydrogen-bond acceptors (Lipinski definition) is 1. The number of benzene rings is 1. The predicted octanol–water partition coefficient (Wildman–Crippen LogP) is 4.13. The van der Waals surface area contributed by atoms with Crippen LogP contribution in [0.4, 0.5) is 13.2 Å². The highest BCUT2D eigenvalue weighted by atomic mass is 35.5. The van der Waals surface area contributed by atoms with E-state index < -0.39 is 17.2 Å². The summed E-state index contributed by atoms with van der Waals surface area (Å²) in [6.07, 6.45) is -1.23. The van der Waals surface area contributed by atoms with Gasteiger partial charge in [0.15, 0.2) is 0 Å². The Morgan fingerprint density at radius 2 is 1.83 bits per heavy atom. The molecule has 0 aliphatic heterocycles. The average molecular weight is 278 g/mol. The van der Waals surface area contributed by atoms with Crippen molar-refractivity contribution in [3.8, 4) is 0 Å². The van der Waals surface area contributed by atoms with Gasteiger partial charge in [-0.2, -0.15) is 13.2 Å². The Hall–Kier alpha value is -0.740. The van der Waals surface area contributed by atoms with E-state index in [0.29, 0.717) is 12.8 Å². The molecular weight excluding hydrogens is 263 g/mol. The molecule has 100 valence electrons. The Balaban J connectivity index is 2.62. The van der Waals surface area contributed by atoms with Crippen molar-refractivity contribution >= 4 is 11.6 Å². The molecule has 0 radical (unpaired) electrons. The van der Waals surface area contributed by atoms with E-state index in [9.17, 15) is 13.2 Å². The van der Waals surface area contributed by atoms with Gasteiger partial charge in [-0.1, -0.05) is 30.5 Å². The van der Waals surface area contributed by atoms with E-state index >= 15 is 0 Å². The molecule has 0 heterocycles. The zero-order valence-electron chi connectivity index (χ0n) is 9.86. The topological polar surface area (TPSA) is 26.0 Å². The van der Waals surface area contributed by atoms with Crippen molar-refractivity contribution in [3.63, 3.8) is 0 Å². The van der Waals surface area contributed by atoms with E-state index in [4.69, 9.17) is 17.3 Å². The molecule has 0 spiro atoms. The predicted molar refractivity (Wildman–Crippen MR) is 65.7 cm³/mol. The molecule has 5 heteroatoms. The Kier molecular flexibility index (Phi) is 3.60. The Morgan fingerprint density at radius 1 is 1.22 bits per heavy atom. The van der Waals surface area contributed by atoms with Crippen LogP contribution in [0, 0.1) is 0 Å². The second-order valence-electron chi connectivity index (χ2n) is 4.85. The molecule has 0 atom stereocenters. The van der Waals surface area contributed by atoms with E-state index in [2.05, 4.69) is 0 Å². The molecule has 2 N–H and O–H groups in total. The van der Waals surface area contributed by atoms with Gasteiger partial charge in [-0.25, -0.2) is 0 Å². The first-order valence-corrected chi connectivity index (χ1v) is 6.35. The quantitative estimate of drug-likeness (QED) is 0.864. The lowest BCUT2D eigenvalue weighted by Gasteiger charge is -2.31. The molecule has 0 saturated heterocycles. The molecule has 1 saturated carbocycles. The summed E-state index contributed by atoms with van der Waals surface area (Å²) in [4.78, 5) is 0. The van der Waals surface area contributed by atoms with E-state index in [-0.39, 0.29) is 17.1 Å². The third-order valence-electron chi connectivity index (χ3n) is 3.80. The average Bonchev–Trinajstić information content (AvgIpc) is 2.77. The van der Waals surface area contributed by atoms with Gasteiger partial charge >= 0.3 is 6.18 Å². The summed E-state index contributed by atoms with van der Waals surface area (Å²) < 4.78 is 39.3. The van der Waals surface area contributed by atoms with Crippen molar-refractivity contribution in [2.24, 2.45) is 5.73 Å². The molecule has 1 fully saturated rings. The van der Waals surface area contributed by atoms with Gasteiger partial charge in [0.05, 0.1) is 5.56 Å². The van der Waals surface area contributed by atoms with E-state index in [1.165, 1.54) is 12.1 Å². The molecular formula is C13H15ClF3N. The fourth-order valence-corrected chi connectivity index (χ4v) is 3.28. The molecule has 1 aliphatic carbocycles. The molecule has 0 unspecified atom stereocenters. The zero-order valence-corrected chi connectivity index (χ0v) is 10.6. The van der Waals surface area contributed by atoms with Gasteiger partial charge < -0.3 is 5.73 Å². The van der Waals surface area contributed by atoms with E-state index in [0.717, 1.165) is 18.9 Å². The van der Waals surface area contributed by atoms with Crippen LogP contribution in [0.15, 0.2) is 18.2 Å². The molecule has 1 aromatic rings. The first-order valence-electron chi connectivity index (χ1n) is 5.97. The number of rotatable bonds is 2. The fraction of sp³-hybridized carbons (Fsp3) is 0.538. The minimum atomic E-state index is -4.38. The number of halogens is 4. The van der Waals surface area contributed by atoms with Gasteiger partial charge in [-0.15, -0.1) is 0 Å². The first kappa shape index (κ1) is 13.7. The lowest BCUT2D eigenvalue weighted by molar-refractivity contribution is -0.138. The van der Waals surface area contributed by atoms with Crippen LogP contribution in [-0.4, -0.2) is 6.54 Å². The van der Waals surface area contributed by atoms with Gasteiger partial charge in [0.2, 0.25) is 0 Å². The van der Waals surface area contributed by atoms with Crippen molar-refractivity contribution in [3.05, 3.63) is 34.3 Å². The lowest BCUT2D eigenvalue weighted by Crippen LogP contribution is -2.34. The zero-order chi connectivity index (χ0) is 13.4. The molecule has 1 nitrogen and oxygen atoms in total. The van der Waals surface area contributed by atoms with Gasteiger partial charge in [-0.3, -0.25) is 0 Å². The van der Waals surface area contributed by atoms with E-state index in [1.54, 1.807) is 0 Å². The highest BCUT2D eigenvalue weighted by molar-refractivity contribution is 6.31. The summed E-state index contributed by atoms with van der Waals surface area (Å²) in [5.41, 5.74) is 4.70. The van der Waals surface area contributed by atoms with Crippen molar-refractivity contribution in [1.82, 2.24) is 0 Å². The van der Waals surface area contributed by atoms with Crippen LogP contribution in [0.1, 0.15) is 36.8 Å². The summed E-state index contributed by atoms with van der Waals surface area (Å²) in [5, 5.41) is 0.178. The van der Waals surface area contributed by atoms with Crippen molar-refractivity contribution < 1.29 is 13.2 Å². The van der Waals surface area contributed by atoms with Crippen LogP contribution < -0.4 is 5.73 Å². The van der Waals surface area contributed by atoms with Crippen molar-refractivity contribution in [2.45, 2.75) is 37.3 Å². The molecule has 18 heavy (non-hydrogen) atoms. The van der Waals surface area contributed by atoms with Crippen LogP contribution in [0.25, 0.3) is 0 Å². The van der Waals surface area contributed by atoms with Gasteiger partial charge in [-0.05, 0) is 30.5 Å². The maximum Gasteiger partial charge on any atom is 0.416 e. The first-order chi connectivity index (χ1) is 8.41. The molecule has 0 bridgehead atoms. The Morgan fingerprint density at radius 3 is 2.33 bits per heavy atom. The van der Waals surface area contributed by atoms with Crippen LogP contribution in [0.3, 0.4) is 0 Å².